The minimum Gasteiger partial charge on any atom is -0.466 e. The third-order valence-corrected chi connectivity index (χ3v) is 4.10. The zero-order chi connectivity index (χ0) is 15.7. The van der Waals surface area contributed by atoms with Crippen molar-refractivity contribution in [1.82, 2.24) is 4.90 Å². The predicted octanol–water partition coefficient (Wildman–Crippen LogP) is 3.51. The molecule has 1 saturated heterocycles. The number of likely N-dealkylation sites (tertiary alicyclic amines) is 1. The van der Waals surface area contributed by atoms with Gasteiger partial charge in [0.1, 0.15) is 0 Å². The molecule has 2 atom stereocenters. The normalized spacial score (nSPS) is 22.0. The number of hydrogen-bond acceptors (Lipinski definition) is 4. The number of rotatable bonds is 7. The van der Waals surface area contributed by atoms with E-state index in [0.29, 0.717) is 6.61 Å². The Morgan fingerprint density at radius 1 is 1.14 bits per heavy atom. The second-order valence-corrected chi connectivity index (χ2v) is 5.62. The lowest BCUT2D eigenvalue weighted by atomic mass is 9.91. The van der Waals surface area contributed by atoms with Gasteiger partial charge in [0.05, 0.1) is 20.1 Å². The Morgan fingerprint density at radius 2 is 1.86 bits per heavy atom. The molecule has 0 aliphatic carbocycles. The number of methoxy groups -OCH3 is 1. The van der Waals surface area contributed by atoms with E-state index in [1.54, 1.807) is 11.8 Å². The summed E-state index contributed by atoms with van der Waals surface area (Å²) in [5.74, 6) is -0.231. The molecule has 0 spiro atoms. The average Bonchev–Trinajstić information content (AvgIpc) is 2.47. The van der Waals surface area contributed by atoms with Crippen LogP contribution in [0.15, 0.2) is 0 Å². The van der Waals surface area contributed by atoms with Crippen LogP contribution in [0, 0.1) is 0 Å². The number of carbonyl (C=O) groups excluding carboxylic acids is 2. The Balaban J connectivity index is 2.70. The minimum atomic E-state index is -0.314. The molecule has 1 fully saturated rings. The topological polar surface area (TPSA) is 55.8 Å². The Bertz CT molecular complexity index is 332. The highest BCUT2D eigenvalue weighted by molar-refractivity contribution is 5.73. The van der Waals surface area contributed by atoms with E-state index in [2.05, 4.69) is 6.92 Å². The molecular formula is C16H29NO4. The molecule has 5 heteroatoms. The molecule has 1 aliphatic rings. The number of carbonyl (C=O) groups is 2. The molecular weight excluding hydrogens is 270 g/mol. The summed E-state index contributed by atoms with van der Waals surface area (Å²) in [6.45, 7) is 4.34. The highest BCUT2D eigenvalue weighted by Crippen LogP contribution is 2.29. The number of amides is 1. The summed E-state index contributed by atoms with van der Waals surface area (Å²) >= 11 is 0. The molecule has 0 aromatic heterocycles. The van der Waals surface area contributed by atoms with E-state index in [1.165, 1.54) is 13.5 Å². The fourth-order valence-electron chi connectivity index (χ4n) is 3.10. The van der Waals surface area contributed by atoms with Crippen LogP contribution in [-0.2, 0) is 14.3 Å². The van der Waals surface area contributed by atoms with Crippen LogP contribution in [0.4, 0.5) is 4.79 Å². The Labute approximate surface area is 128 Å². The summed E-state index contributed by atoms with van der Waals surface area (Å²) in [5, 5.41) is 0. The van der Waals surface area contributed by atoms with Crippen LogP contribution in [0.1, 0.15) is 65.2 Å². The molecule has 21 heavy (non-hydrogen) atoms. The van der Waals surface area contributed by atoms with Gasteiger partial charge in [-0.25, -0.2) is 4.79 Å². The van der Waals surface area contributed by atoms with Gasteiger partial charge in [-0.1, -0.05) is 26.2 Å². The first-order valence-corrected chi connectivity index (χ1v) is 8.15. The number of piperidine rings is 1. The van der Waals surface area contributed by atoms with Gasteiger partial charge in [-0.05, 0) is 32.6 Å². The molecule has 0 unspecified atom stereocenters. The fourth-order valence-corrected chi connectivity index (χ4v) is 3.10. The Kier molecular flexibility index (Phi) is 8.16. The zero-order valence-corrected chi connectivity index (χ0v) is 13.6. The second kappa shape index (κ2) is 9.64. The van der Waals surface area contributed by atoms with Crippen LogP contribution < -0.4 is 0 Å². The van der Waals surface area contributed by atoms with Crippen molar-refractivity contribution in [3.05, 3.63) is 0 Å². The van der Waals surface area contributed by atoms with E-state index in [1.807, 2.05) is 0 Å². The van der Waals surface area contributed by atoms with E-state index in [-0.39, 0.29) is 30.6 Å². The SMILES string of the molecule is CCCCC[C@H]1CCC[C@@H](CC(=O)OCC)N1C(=O)OC. The van der Waals surface area contributed by atoms with Crippen LogP contribution >= 0.6 is 0 Å². The number of hydrogen-bond donors (Lipinski definition) is 0. The number of unbranched alkanes of at least 4 members (excludes halogenated alkanes) is 2. The lowest BCUT2D eigenvalue weighted by Crippen LogP contribution is -2.50. The zero-order valence-electron chi connectivity index (χ0n) is 13.6. The molecule has 0 aromatic rings. The first-order chi connectivity index (χ1) is 10.1. The molecule has 0 aromatic carbocycles. The van der Waals surface area contributed by atoms with Crippen LogP contribution in [-0.4, -0.2) is 42.8 Å². The van der Waals surface area contributed by atoms with Crippen molar-refractivity contribution in [3.63, 3.8) is 0 Å². The standard InChI is InChI=1S/C16H29NO4/c1-4-6-7-9-13-10-8-11-14(12-15(18)21-5-2)17(13)16(19)20-3/h13-14H,4-12H2,1-3H3/t13-,14-/m0/s1. The highest BCUT2D eigenvalue weighted by atomic mass is 16.5. The molecule has 1 aliphatic heterocycles. The molecule has 0 saturated carbocycles. The Morgan fingerprint density at radius 3 is 2.48 bits per heavy atom. The number of ether oxygens (including phenoxy) is 2. The van der Waals surface area contributed by atoms with Crippen molar-refractivity contribution in [1.29, 1.82) is 0 Å². The van der Waals surface area contributed by atoms with Crippen LogP contribution in [0.5, 0.6) is 0 Å². The van der Waals surface area contributed by atoms with E-state index in [0.717, 1.165) is 38.5 Å². The molecule has 1 amide bonds. The lowest BCUT2D eigenvalue weighted by Gasteiger charge is -2.41. The van der Waals surface area contributed by atoms with Crippen LogP contribution in [0.2, 0.25) is 0 Å². The predicted molar refractivity (Wildman–Crippen MR) is 81.1 cm³/mol. The van der Waals surface area contributed by atoms with E-state index < -0.39 is 0 Å². The summed E-state index contributed by atoms with van der Waals surface area (Å²) in [4.78, 5) is 25.6. The summed E-state index contributed by atoms with van der Waals surface area (Å²) in [6, 6.07) is 0.106. The van der Waals surface area contributed by atoms with E-state index in [9.17, 15) is 9.59 Å². The average molecular weight is 299 g/mol. The van der Waals surface area contributed by atoms with Crippen molar-refractivity contribution in [3.8, 4) is 0 Å². The van der Waals surface area contributed by atoms with Gasteiger partial charge < -0.3 is 14.4 Å². The van der Waals surface area contributed by atoms with Crippen molar-refractivity contribution < 1.29 is 19.1 Å². The van der Waals surface area contributed by atoms with Gasteiger partial charge >= 0.3 is 12.1 Å². The minimum absolute atomic E-state index is 0.0862. The third-order valence-electron chi connectivity index (χ3n) is 4.10. The summed E-state index contributed by atoms with van der Waals surface area (Å²) < 4.78 is 9.96. The first-order valence-electron chi connectivity index (χ1n) is 8.15. The van der Waals surface area contributed by atoms with Crippen molar-refractivity contribution in [2.24, 2.45) is 0 Å². The largest absolute Gasteiger partial charge is 0.466 e. The molecule has 0 N–H and O–H groups in total. The van der Waals surface area contributed by atoms with E-state index in [4.69, 9.17) is 9.47 Å². The number of nitrogens with zero attached hydrogens (tertiary/aromatic N) is 1. The molecule has 0 radical (unpaired) electrons. The van der Waals surface area contributed by atoms with Crippen LogP contribution in [0.3, 0.4) is 0 Å². The lowest BCUT2D eigenvalue weighted by molar-refractivity contribution is -0.144. The van der Waals surface area contributed by atoms with E-state index >= 15 is 0 Å². The maximum absolute atomic E-state index is 12.1. The first kappa shape index (κ1) is 17.8. The second-order valence-electron chi connectivity index (χ2n) is 5.62. The molecule has 122 valence electrons. The van der Waals surface area contributed by atoms with Gasteiger partial charge in [0.15, 0.2) is 0 Å². The highest BCUT2D eigenvalue weighted by Gasteiger charge is 2.35. The fraction of sp³-hybridized carbons (Fsp3) is 0.875. The molecule has 1 rings (SSSR count). The monoisotopic (exact) mass is 299 g/mol. The number of esters is 1. The van der Waals surface area contributed by atoms with Crippen molar-refractivity contribution >= 4 is 12.1 Å². The van der Waals surface area contributed by atoms with Crippen molar-refractivity contribution in [2.45, 2.75) is 77.3 Å². The van der Waals surface area contributed by atoms with Gasteiger partial charge in [-0.2, -0.15) is 0 Å². The van der Waals surface area contributed by atoms with Gasteiger partial charge in [0, 0.05) is 12.1 Å². The smallest absolute Gasteiger partial charge is 0.409 e. The summed E-state index contributed by atoms with van der Waals surface area (Å²) in [7, 11) is 1.40. The Hall–Kier alpha value is -1.26. The van der Waals surface area contributed by atoms with Gasteiger partial charge in [-0.3, -0.25) is 4.79 Å². The summed E-state index contributed by atoms with van der Waals surface area (Å²) in [6.07, 6.45) is 7.29. The van der Waals surface area contributed by atoms with Gasteiger partial charge in [-0.15, -0.1) is 0 Å². The maximum atomic E-state index is 12.1. The quantitative estimate of drug-likeness (QED) is 0.533. The third kappa shape index (κ3) is 5.56. The molecule has 5 nitrogen and oxygen atoms in total. The maximum Gasteiger partial charge on any atom is 0.409 e. The van der Waals surface area contributed by atoms with Crippen LogP contribution in [0.25, 0.3) is 0 Å². The van der Waals surface area contributed by atoms with Gasteiger partial charge in [0.2, 0.25) is 0 Å². The molecule has 1 heterocycles. The molecule has 0 bridgehead atoms. The van der Waals surface area contributed by atoms with Gasteiger partial charge in [0.25, 0.3) is 0 Å². The van der Waals surface area contributed by atoms with Crippen molar-refractivity contribution in [2.75, 3.05) is 13.7 Å². The summed E-state index contributed by atoms with van der Waals surface area (Å²) in [5.41, 5.74) is 0.